The number of thioether (sulfide) groups is 1. The Kier molecular flexibility index (Phi) is 4.46. The van der Waals surface area contributed by atoms with Crippen LogP contribution in [0.25, 0.3) is 0 Å². The molecule has 1 aliphatic heterocycles. The Morgan fingerprint density at radius 3 is 2.62 bits per heavy atom. The number of aromatic carboxylic acids is 1. The summed E-state index contributed by atoms with van der Waals surface area (Å²) in [5, 5.41) is 20.2. The quantitative estimate of drug-likeness (QED) is 0.675. The fraction of sp³-hybridized carbons (Fsp3) is 0.385. The van der Waals surface area contributed by atoms with Gasteiger partial charge in [0.05, 0.1) is 10.5 Å². The van der Waals surface area contributed by atoms with Gasteiger partial charge < -0.3 is 10.0 Å². The van der Waals surface area contributed by atoms with E-state index in [0.717, 1.165) is 17.9 Å². The minimum absolute atomic E-state index is 0.0423. The molecule has 1 N–H and O–H groups in total. The summed E-state index contributed by atoms with van der Waals surface area (Å²) in [6.07, 6.45) is 0. The number of nitrogens with zero attached hydrogens (tertiary/aromatic N) is 2. The highest BCUT2D eigenvalue weighted by Crippen LogP contribution is 2.22. The molecule has 2 rings (SSSR count). The fourth-order valence-corrected chi connectivity index (χ4v) is 3.16. The zero-order valence-corrected chi connectivity index (χ0v) is 12.1. The first-order chi connectivity index (χ1) is 9.88. The maximum atomic E-state index is 12.4. The van der Waals surface area contributed by atoms with Gasteiger partial charge in [-0.15, -0.1) is 0 Å². The predicted octanol–water partition coefficient (Wildman–Crippen LogP) is 1.87. The SMILES string of the molecule is CC1CN(C(=O)c2cc(C(=O)O)cc([N+](=O)[O-])c2)CCS1. The molecule has 1 aromatic carbocycles. The number of benzene rings is 1. The van der Waals surface area contributed by atoms with Crippen LogP contribution in [0.3, 0.4) is 0 Å². The summed E-state index contributed by atoms with van der Waals surface area (Å²) in [5.74, 6) is -0.864. The van der Waals surface area contributed by atoms with Crippen molar-refractivity contribution in [3.63, 3.8) is 0 Å². The molecular formula is C13H14N2O5S. The number of carboxylic acids is 1. The van der Waals surface area contributed by atoms with Crippen LogP contribution in [0.2, 0.25) is 0 Å². The Morgan fingerprint density at radius 2 is 2.05 bits per heavy atom. The highest BCUT2D eigenvalue weighted by molar-refractivity contribution is 7.99. The maximum absolute atomic E-state index is 12.4. The van der Waals surface area contributed by atoms with Crippen LogP contribution in [0.15, 0.2) is 18.2 Å². The summed E-state index contributed by atoms with van der Waals surface area (Å²) in [6, 6.07) is 3.26. The van der Waals surface area contributed by atoms with Crippen LogP contribution >= 0.6 is 11.8 Å². The molecule has 1 fully saturated rings. The minimum Gasteiger partial charge on any atom is -0.478 e. The highest BCUT2D eigenvalue weighted by atomic mass is 32.2. The van der Waals surface area contributed by atoms with Gasteiger partial charge in [0, 0.05) is 41.8 Å². The summed E-state index contributed by atoms with van der Waals surface area (Å²) < 4.78 is 0. The topological polar surface area (TPSA) is 101 Å². The Labute approximate surface area is 125 Å². The van der Waals surface area contributed by atoms with Crippen LogP contribution in [0.4, 0.5) is 5.69 Å². The van der Waals surface area contributed by atoms with E-state index in [4.69, 9.17) is 5.11 Å². The molecule has 1 amide bonds. The average molecular weight is 310 g/mol. The lowest BCUT2D eigenvalue weighted by molar-refractivity contribution is -0.384. The van der Waals surface area contributed by atoms with Gasteiger partial charge in [0.25, 0.3) is 11.6 Å². The van der Waals surface area contributed by atoms with Gasteiger partial charge in [0.1, 0.15) is 0 Å². The monoisotopic (exact) mass is 310 g/mol. The van der Waals surface area contributed by atoms with Gasteiger partial charge in [-0.3, -0.25) is 14.9 Å². The van der Waals surface area contributed by atoms with Crippen LogP contribution in [0.5, 0.6) is 0 Å². The standard InChI is InChI=1S/C13H14N2O5S/c1-8-7-14(2-3-21-8)12(16)9-4-10(13(17)18)6-11(5-9)15(19)20/h4-6,8H,2-3,7H2,1H3,(H,17,18). The van der Waals surface area contributed by atoms with Gasteiger partial charge in [-0.05, 0) is 6.07 Å². The van der Waals surface area contributed by atoms with E-state index in [9.17, 15) is 19.7 Å². The first-order valence-corrected chi connectivity index (χ1v) is 7.37. The second-order valence-corrected chi connectivity index (χ2v) is 6.31. The number of non-ortho nitro benzene ring substituents is 1. The van der Waals surface area contributed by atoms with Crippen molar-refractivity contribution in [2.75, 3.05) is 18.8 Å². The van der Waals surface area contributed by atoms with Crippen LogP contribution in [-0.4, -0.2) is 50.9 Å². The van der Waals surface area contributed by atoms with Gasteiger partial charge in [0.15, 0.2) is 0 Å². The van der Waals surface area contributed by atoms with E-state index in [1.54, 1.807) is 16.7 Å². The zero-order chi connectivity index (χ0) is 15.6. The minimum atomic E-state index is -1.30. The van der Waals surface area contributed by atoms with Gasteiger partial charge >= 0.3 is 5.97 Å². The molecule has 0 radical (unpaired) electrons. The molecule has 0 aliphatic carbocycles. The lowest BCUT2D eigenvalue weighted by Crippen LogP contribution is -2.41. The van der Waals surface area contributed by atoms with Crippen molar-refractivity contribution >= 4 is 29.3 Å². The normalized spacial score (nSPS) is 18.3. The molecular weight excluding hydrogens is 296 g/mol. The number of carbonyl (C=O) groups excluding carboxylic acids is 1. The van der Waals surface area contributed by atoms with Crippen LogP contribution in [0.1, 0.15) is 27.6 Å². The molecule has 1 heterocycles. The van der Waals surface area contributed by atoms with Crippen LogP contribution in [-0.2, 0) is 0 Å². The van der Waals surface area contributed by atoms with Crippen molar-refractivity contribution in [3.05, 3.63) is 39.4 Å². The fourth-order valence-electron chi connectivity index (χ4n) is 2.15. The van der Waals surface area contributed by atoms with Gasteiger partial charge in [0.2, 0.25) is 0 Å². The van der Waals surface area contributed by atoms with Crippen molar-refractivity contribution in [2.45, 2.75) is 12.2 Å². The van der Waals surface area contributed by atoms with E-state index >= 15 is 0 Å². The second-order valence-electron chi connectivity index (χ2n) is 4.76. The molecule has 8 heteroatoms. The molecule has 0 spiro atoms. The third-order valence-corrected chi connectivity index (χ3v) is 4.29. The van der Waals surface area contributed by atoms with E-state index in [2.05, 4.69) is 0 Å². The van der Waals surface area contributed by atoms with Gasteiger partial charge in [-0.25, -0.2) is 4.79 Å². The molecule has 0 bridgehead atoms. The molecule has 1 unspecified atom stereocenters. The highest BCUT2D eigenvalue weighted by Gasteiger charge is 2.25. The van der Waals surface area contributed by atoms with Gasteiger partial charge in [-0.1, -0.05) is 6.92 Å². The van der Waals surface area contributed by atoms with Crippen LogP contribution < -0.4 is 0 Å². The molecule has 0 aromatic heterocycles. The Bertz CT molecular complexity index is 572. The van der Waals surface area contributed by atoms with E-state index < -0.39 is 16.6 Å². The number of hydrogen-bond donors (Lipinski definition) is 1. The Morgan fingerprint density at radius 1 is 1.38 bits per heavy atom. The van der Waals surface area contributed by atoms with E-state index in [0.29, 0.717) is 18.3 Å². The molecule has 0 saturated carbocycles. The molecule has 112 valence electrons. The molecule has 1 atom stereocenters. The molecule has 21 heavy (non-hydrogen) atoms. The van der Waals surface area contributed by atoms with Gasteiger partial charge in [-0.2, -0.15) is 11.8 Å². The summed E-state index contributed by atoms with van der Waals surface area (Å²) >= 11 is 1.75. The van der Waals surface area contributed by atoms with Crippen molar-refractivity contribution in [3.8, 4) is 0 Å². The lowest BCUT2D eigenvalue weighted by atomic mass is 10.1. The number of amides is 1. The first-order valence-electron chi connectivity index (χ1n) is 6.32. The molecule has 1 aliphatic rings. The Balaban J connectivity index is 2.35. The summed E-state index contributed by atoms with van der Waals surface area (Å²) in [6.45, 7) is 3.10. The van der Waals surface area contributed by atoms with E-state index in [1.807, 2.05) is 6.92 Å². The summed E-state index contributed by atoms with van der Waals surface area (Å²) in [4.78, 5) is 35.2. The van der Waals surface area contributed by atoms with Crippen molar-refractivity contribution in [1.82, 2.24) is 4.90 Å². The zero-order valence-electron chi connectivity index (χ0n) is 11.3. The average Bonchev–Trinajstić information content (AvgIpc) is 2.45. The lowest BCUT2D eigenvalue weighted by Gasteiger charge is -2.30. The number of carbonyl (C=O) groups is 2. The molecule has 1 aromatic rings. The van der Waals surface area contributed by atoms with Crippen molar-refractivity contribution < 1.29 is 19.6 Å². The van der Waals surface area contributed by atoms with Crippen molar-refractivity contribution in [2.24, 2.45) is 0 Å². The van der Waals surface area contributed by atoms with E-state index in [-0.39, 0.29) is 17.0 Å². The predicted molar refractivity (Wildman–Crippen MR) is 77.9 cm³/mol. The largest absolute Gasteiger partial charge is 0.478 e. The summed E-state index contributed by atoms with van der Waals surface area (Å²) in [7, 11) is 0. The molecule has 7 nitrogen and oxygen atoms in total. The molecule has 1 saturated heterocycles. The maximum Gasteiger partial charge on any atom is 0.335 e. The summed E-state index contributed by atoms with van der Waals surface area (Å²) in [5.41, 5.74) is -0.606. The van der Waals surface area contributed by atoms with Crippen LogP contribution in [0, 0.1) is 10.1 Å². The number of nitro benzene ring substituents is 1. The third kappa shape index (κ3) is 3.52. The Hall–Kier alpha value is -2.09. The van der Waals surface area contributed by atoms with E-state index in [1.165, 1.54) is 6.07 Å². The number of nitro groups is 1. The smallest absolute Gasteiger partial charge is 0.335 e. The number of rotatable bonds is 3. The number of carboxylic acid groups (broad SMARTS) is 1. The number of hydrogen-bond acceptors (Lipinski definition) is 5. The first kappa shape index (κ1) is 15.3. The third-order valence-electron chi connectivity index (χ3n) is 3.15. The second kappa shape index (κ2) is 6.13. The van der Waals surface area contributed by atoms with Crippen molar-refractivity contribution in [1.29, 1.82) is 0 Å².